The van der Waals surface area contributed by atoms with Crippen LogP contribution >= 0.6 is 7.82 Å². The zero-order valence-corrected chi connectivity index (χ0v) is 6.03. The maximum Gasteiger partial charge on any atom is 4.00 e. The van der Waals surface area contributed by atoms with Gasteiger partial charge in [0.2, 0.25) is 0 Å². The monoisotopic (exact) mass is 169 g/mol. The zero-order chi connectivity index (χ0) is 4.50. The Balaban J connectivity index is -0.0000000267. The van der Waals surface area contributed by atoms with E-state index in [1.165, 1.54) is 0 Å². The SMILES string of the molecule is O=P([O-])([O-])[O-].[C+4].[Li+].[Mn+2]. The molecular weight excluding hydrogens is 169 g/mol. The number of hydrogen-bond acceptors (Lipinski definition) is 4. The second-order valence-electron chi connectivity index (χ2n) is 0.447. The molecule has 0 aromatic heterocycles. The predicted octanol–water partition coefficient (Wildman–Crippen LogP) is -5.74. The molecule has 0 fully saturated rings. The van der Waals surface area contributed by atoms with E-state index < -0.39 is 7.82 Å². The van der Waals surface area contributed by atoms with E-state index in [0.29, 0.717) is 0 Å². The molecule has 7 heteroatoms. The van der Waals surface area contributed by atoms with Gasteiger partial charge in [0.05, 0.1) is 0 Å². The summed E-state index contributed by atoms with van der Waals surface area (Å²) < 4.78 is 8.55. The minimum absolute atomic E-state index is 0. The maximum absolute atomic E-state index is 8.55. The summed E-state index contributed by atoms with van der Waals surface area (Å²) in [6.07, 6.45) is 0. The first-order chi connectivity index (χ1) is 2.00. The van der Waals surface area contributed by atoms with E-state index in [-0.39, 0.29) is 43.4 Å². The van der Waals surface area contributed by atoms with Crippen molar-refractivity contribution < 1.29 is 55.2 Å². The summed E-state index contributed by atoms with van der Waals surface area (Å²) >= 11 is 0. The van der Waals surface area contributed by atoms with E-state index >= 15 is 0 Å². The minimum Gasteiger partial charge on any atom is -0.822 e. The summed E-state index contributed by atoms with van der Waals surface area (Å²) in [7, 11) is -5.39. The molecule has 0 N–H and O–H groups in total. The molecule has 0 saturated heterocycles. The van der Waals surface area contributed by atoms with Gasteiger partial charge in [0, 0.05) is 0 Å². The Morgan fingerprint density at radius 2 is 1.12 bits per heavy atom. The fraction of sp³-hybridized carbons (Fsp3) is 0. The van der Waals surface area contributed by atoms with Crippen molar-refractivity contribution in [1.29, 1.82) is 0 Å². The van der Waals surface area contributed by atoms with E-state index in [2.05, 4.69) is 0 Å². The average molecular weight is 169 g/mol. The summed E-state index contributed by atoms with van der Waals surface area (Å²) in [5.41, 5.74) is 0. The second-order valence-corrected chi connectivity index (χ2v) is 1.34. The molecule has 8 heavy (non-hydrogen) atoms. The number of hydrogen-bond donors (Lipinski definition) is 0. The topological polar surface area (TPSA) is 86.2 Å². The molecule has 37 valence electrons. The first-order valence-electron chi connectivity index (χ1n) is 0.730. The normalized spacial score (nSPS) is 7.38. The fourth-order valence-corrected chi connectivity index (χ4v) is 0. The third kappa shape index (κ3) is 186. The van der Waals surface area contributed by atoms with Gasteiger partial charge in [-0.3, -0.25) is 0 Å². The molecule has 0 aromatic rings. The molecule has 0 aliphatic carbocycles. The van der Waals surface area contributed by atoms with Crippen molar-refractivity contribution in [3.05, 3.63) is 7.43 Å². The van der Waals surface area contributed by atoms with E-state index in [0.717, 1.165) is 0 Å². The van der Waals surface area contributed by atoms with E-state index in [1.807, 2.05) is 0 Å². The van der Waals surface area contributed by atoms with Crippen LogP contribution in [-0.2, 0) is 21.6 Å². The molecule has 0 rings (SSSR count). The molecule has 0 spiro atoms. The molecule has 1 radical (unpaired) electrons. The van der Waals surface area contributed by atoms with Crippen LogP contribution in [0.2, 0.25) is 0 Å². The Labute approximate surface area is 70.6 Å². The Bertz CT molecular complexity index is 62.2. The third-order valence-corrected chi connectivity index (χ3v) is 0. The number of phosphoric acid groups is 1. The van der Waals surface area contributed by atoms with Crippen molar-refractivity contribution in [2.75, 3.05) is 0 Å². The van der Waals surface area contributed by atoms with Crippen molar-refractivity contribution >= 4 is 7.82 Å². The molecule has 0 aliphatic rings. The van der Waals surface area contributed by atoms with Crippen LogP contribution in [0.25, 0.3) is 0 Å². The van der Waals surface area contributed by atoms with Crippen molar-refractivity contribution in [2.24, 2.45) is 0 Å². The zero-order valence-electron chi connectivity index (χ0n) is 3.96. The molecule has 0 saturated carbocycles. The van der Waals surface area contributed by atoms with Gasteiger partial charge < -0.3 is 19.2 Å². The fourth-order valence-electron chi connectivity index (χ4n) is 0. The minimum atomic E-state index is -5.39. The Morgan fingerprint density at radius 3 is 1.12 bits per heavy atom. The van der Waals surface area contributed by atoms with Crippen LogP contribution in [0.3, 0.4) is 0 Å². The van der Waals surface area contributed by atoms with Crippen LogP contribution in [0.4, 0.5) is 0 Å². The molecule has 0 aliphatic heterocycles. The smallest absolute Gasteiger partial charge is 0.822 e. The first-order valence-corrected chi connectivity index (χ1v) is 2.19. The Hall–Kier alpha value is 1.23. The van der Waals surface area contributed by atoms with Crippen LogP contribution < -0.4 is 33.5 Å². The van der Waals surface area contributed by atoms with Crippen LogP contribution in [0.15, 0.2) is 0 Å². The quantitative estimate of drug-likeness (QED) is 0.267. The average Bonchev–Trinajstić information content (AvgIpc) is 0.722. The molecule has 0 amide bonds. The molecule has 4 nitrogen and oxygen atoms in total. The van der Waals surface area contributed by atoms with Crippen molar-refractivity contribution in [2.45, 2.75) is 0 Å². The van der Waals surface area contributed by atoms with Gasteiger partial charge in [-0.2, -0.15) is 7.82 Å². The summed E-state index contributed by atoms with van der Waals surface area (Å²) in [6, 6.07) is 0. The van der Waals surface area contributed by atoms with Crippen molar-refractivity contribution in [3.8, 4) is 0 Å². The Kier molecular flexibility index (Phi) is 23.5. The maximum atomic E-state index is 8.55. The van der Waals surface area contributed by atoms with E-state index in [1.54, 1.807) is 0 Å². The predicted molar refractivity (Wildman–Crippen MR) is 10.8 cm³/mol. The largest absolute Gasteiger partial charge is 4.00 e. The van der Waals surface area contributed by atoms with E-state index in [9.17, 15) is 0 Å². The third-order valence-electron chi connectivity index (χ3n) is 0. The van der Waals surface area contributed by atoms with Gasteiger partial charge in [-0.1, -0.05) is 0 Å². The summed E-state index contributed by atoms with van der Waals surface area (Å²) in [5.74, 6) is 0. The van der Waals surface area contributed by atoms with Crippen LogP contribution in [0.5, 0.6) is 0 Å². The summed E-state index contributed by atoms with van der Waals surface area (Å²) in [4.78, 5) is 25.6. The van der Waals surface area contributed by atoms with Crippen LogP contribution in [-0.4, -0.2) is 0 Å². The molecule has 0 aromatic carbocycles. The standard InChI is InChI=1S/C.Li.Mn.H3O4P/c;;;1-5(2,3)4/h;;;(H3,1,2,3,4)/q+4;+1;+2;/p-3. The van der Waals surface area contributed by atoms with Crippen molar-refractivity contribution in [3.63, 3.8) is 0 Å². The Morgan fingerprint density at radius 1 is 1.12 bits per heavy atom. The first kappa shape index (κ1) is 22.9. The van der Waals surface area contributed by atoms with Gasteiger partial charge in [0.1, 0.15) is 0 Å². The van der Waals surface area contributed by atoms with Gasteiger partial charge >= 0.3 is 43.4 Å². The van der Waals surface area contributed by atoms with Crippen LogP contribution in [0.1, 0.15) is 0 Å². The van der Waals surface area contributed by atoms with Gasteiger partial charge in [0.15, 0.2) is 0 Å². The molecule has 0 heterocycles. The molecule has 0 unspecified atom stereocenters. The van der Waals surface area contributed by atoms with Gasteiger partial charge in [-0.05, 0) is 0 Å². The van der Waals surface area contributed by atoms with Crippen molar-refractivity contribution in [1.82, 2.24) is 0 Å². The van der Waals surface area contributed by atoms with E-state index in [4.69, 9.17) is 19.2 Å². The van der Waals surface area contributed by atoms with Crippen LogP contribution in [0, 0.1) is 7.43 Å². The summed E-state index contributed by atoms with van der Waals surface area (Å²) in [5, 5.41) is 0. The van der Waals surface area contributed by atoms with Gasteiger partial charge in [-0.15, -0.1) is 0 Å². The van der Waals surface area contributed by atoms with Gasteiger partial charge in [-0.25, -0.2) is 0 Å². The second kappa shape index (κ2) is 8.23. The number of rotatable bonds is 0. The summed E-state index contributed by atoms with van der Waals surface area (Å²) in [6.45, 7) is 0. The molecule has 0 atom stereocenters. The molecule has 0 bridgehead atoms. The molecular formula is CLiMnO4P+4. The van der Waals surface area contributed by atoms with Gasteiger partial charge in [0.25, 0.3) is 0 Å².